The summed E-state index contributed by atoms with van der Waals surface area (Å²) in [6.45, 7) is 9.74. The molecule has 8 heteroatoms. The first-order valence-corrected chi connectivity index (χ1v) is 10.1. The van der Waals surface area contributed by atoms with Crippen molar-refractivity contribution in [1.29, 1.82) is 0 Å². The first-order chi connectivity index (χ1) is 13.6. The molecule has 1 aliphatic rings. The molecule has 1 aromatic carbocycles. The van der Waals surface area contributed by atoms with Gasteiger partial charge in [0.15, 0.2) is 0 Å². The van der Waals surface area contributed by atoms with Crippen LogP contribution in [0.15, 0.2) is 18.2 Å². The van der Waals surface area contributed by atoms with Crippen molar-refractivity contribution in [3.63, 3.8) is 0 Å². The molecule has 1 aromatic rings. The fraction of sp³-hybridized carbons (Fsp3) is 0.619. The van der Waals surface area contributed by atoms with E-state index in [9.17, 15) is 14.0 Å². The Morgan fingerprint density at radius 2 is 2.07 bits per heavy atom. The summed E-state index contributed by atoms with van der Waals surface area (Å²) in [7, 11) is 0. The van der Waals surface area contributed by atoms with Crippen LogP contribution in [-0.2, 0) is 14.3 Å². The van der Waals surface area contributed by atoms with Crippen molar-refractivity contribution in [2.24, 2.45) is 11.1 Å². The zero-order valence-corrected chi connectivity index (χ0v) is 17.8. The maximum Gasteiger partial charge on any atom is 0.311 e. The molecule has 0 aromatic heterocycles. The lowest BCUT2D eigenvalue weighted by molar-refractivity contribution is -0.153. The highest BCUT2D eigenvalue weighted by atomic mass is 19.1. The number of anilines is 2. The minimum atomic E-state index is -0.658. The second-order valence-electron chi connectivity index (χ2n) is 8.64. The van der Waals surface area contributed by atoms with E-state index >= 15 is 0 Å². The standard InChI is InChI=1S/C21H33FN4O3/c1-14(23)19(27)25-17-8-7-15(22)12-18(17)24-16-6-5-9-26(13-16)10-11-29-20(28)21(2,3)4/h7-8,12,14,16,24H,5-6,9-11,13,23H2,1-4H3,(H,25,27). The summed E-state index contributed by atoms with van der Waals surface area (Å²) in [6, 6.07) is 3.65. The predicted octanol–water partition coefficient (Wildman–Crippen LogP) is 2.58. The van der Waals surface area contributed by atoms with E-state index in [1.165, 1.54) is 18.2 Å². The van der Waals surface area contributed by atoms with E-state index in [-0.39, 0.29) is 23.7 Å². The van der Waals surface area contributed by atoms with Crippen LogP contribution >= 0.6 is 0 Å². The molecule has 7 nitrogen and oxygen atoms in total. The molecular formula is C21H33FN4O3. The van der Waals surface area contributed by atoms with Crippen molar-refractivity contribution >= 4 is 23.3 Å². The Kier molecular flexibility index (Phi) is 7.98. The third kappa shape index (κ3) is 7.29. The van der Waals surface area contributed by atoms with E-state index < -0.39 is 11.5 Å². The lowest BCUT2D eigenvalue weighted by Gasteiger charge is -2.34. The molecule has 1 aliphatic heterocycles. The number of amides is 1. The smallest absolute Gasteiger partial charge is 0.311 e. The molecule has 2 rings (SSSR count). The molecule has 1 heterocycles. The number of ether oxygens (including phenoxy) is 1. The number of nitrogens with one attached hydrogen (secondary N) is 2. The number of halogens is 1. The molecule has 162 valence electrons. The van der Waals surface area contributed by atoms with Crippen LogP contribution in [0.3, 0.4) is 0 Å². The maximum atomic E-state index is 13.8. The third-order valence-electron chi connectivity index (χ3n) is 4.77. The van der Waals surface area contributed by atoms with Crippen LogP contribution in [0, 0.1) is 11.2 Å². The molecular weight excluding hydrogens is 375 g/mol. The van der Waals surface area contributed by atoms with Gasteiger partial charge in [0, 0.05) is 19.1 Å². The van der Waals surface area contributed by atoms with Crippen LogP contribution in [-0.4, -0.2) is 55.1 Å². The van der Waals surface area contributed by atoms with E-state index in [1.54, 1.807) is 6.92 Å². The normalized spacial score (nSPS) is 18.8. The number of esters is 1. The second-order valence-corrected chi connectivity index (χ2v) is 8.64. The van der Waals surface area contributed by atoms with Crippen LogP contribution in [0.25, 0.3) is 0 Å². The summed E-state index contributed by atoms with van der Waals surface area (Å²) < 4.78 is 19.1. The minimum Gasteiger partial charge on any atom is -0.464 e. The van der Waals surface area contributed by atoms with Gasteiger partial charge in [-0.05, 0) is 65.3 Å². The number of hydrogen-bond donors (Lipinski definition) is 3. The number of likely N-dealkylation sites (tertiary alicyclic amines) is 1. The molecule has 0 radical (unpaired) electrons. The summed E-state index contributed by atoms with van der Waals surface area (Å²) in [4.78, 5) is 26.0. The molecule has 0 spiro atoms. The summed E-state index contributed by atoms with van der Waals surface area (Å²) in [5.74, 6) is -0.919. The van der Waals surface area contributed by atoms with E-state index in [4.69, 9.17) is 10.5 Å². The lowest BCUT2D eigenvalue weighted by atomic mass is 9.97. The van der Waals surface area contributed by atoms with Crippen LogP contribution in [0.5, 0.6) is 0 Å². The molecule has 2 unspecified atom stereocenters. The topological polar surface area (TPSA) is 96.7 Å². The SMILES string of the molecule is CC(N)C(=O)Nc1ccc(F)cc1NC1CCCN(CCOC(=O)C(C)(C)C)C1. The first-order valence-electron chi connectivity index (χ1n) is 10.1. The Hall–Kier alpha value is -2.19. The zero-order chi connectivity index (χ0) is 21.6. The van der Waals surface area contributed by atoms with Crippen molar-refractivity contribution in [3.8, 4) is 0 Å². The van der Waals surface area contributed by atoms with Crippen molar-refractivity contribution in [2.45, 2.75) is 52.6 Å². The third-order valence-corrected chi connectivity index (χ3v) is 4.77. The fourth-order valence-electron chi connectivity index (χ4n) is 3.07. The molecule has 4 N–H and O–H groups in total. The lowest BCUT2D eigenvalue weighted by Crippen LogP contribution is -2.44. The maximum absolute atomic E-state index is 13.8. The van der Waals surface area contributed by atoms with Gasteiger partial charge in [0.2, 0.25) is 5.91 Å². The van der Waals surface area contributed by atoms with Crippen LogP contribution in [0.1, 0.15) is 40.5 Å². The number of piperidine rings is 1. The fourth-order valence-corrected chi connectivity index (χ4v) is 3.07. The van der Waals surface area contributed by atoms with Gasteiger partial charge in [-0.1, -0.05) is 0 Å². The van der Waals surface area contributed by atoms with Gasteiger partial charge < -0.3 is 21.1 Å². The summed E-state index contributed by atoms with van der Waals surface area (Å²) in [5.41, 5.74) is 6.14. The Morgan fingerprint density at radius 1 is 1.34 bits per heavy atom. The second kappa shape index (κ2) is 10.0. The first kappa shape index (κ1) is 23.1. The average Bonchev–Trinajstić information content (AvgIpc) is 2.63. The monoisotopic (exact) mass is 408 g/mol. The van der Waals surface area contributed by atoms with Gasteiger partial charge in [0.05, 0.1) is 22.8 Å². The molecule has 0 bridgehead atoms. The van der Waals surface area contributed by atoms with Crippen LogP contribution in [0.2, 0.25) is 0 Å². The van der Waals surface area contributed by atoms with E-state index in [1.807, 2.05) is 20.8 Å². The van der Waals surface area contributed by atoms with Crippen molar-refractivity contribution in [1.82, 2.24) is 4.90 Å². The van der Waals surface area contributed by atoms with Crippen LogP contribution in [0.4, 0.5) is 15.8 Å². The summed E-state index contributed by atoms with van der Waals surface area (Å²) in [5, 5.41) is 6.08. The van der Waals surface area contributed by atoms with Crippen molar-refractivity contribution in [3.05, 3.63) is 24.0 Å². The van der Waals surface area contributed by atoms with E-state index in [0.717, 1.165) is 25.9 Å². The number of carbonyl (C=O) groups excluding carboxylic acids is 2. The summed E-state index contributed by atoms with van der Waals surface area (Å²) >= 11 is 0. The number of nitrogens with zero attached hydrogens (tertiary/aromatic N) is 1. The summed E-state index contributed by atoms with van der Waals surface area (Å²) in [6.07, 6.45) is 1.90. The van der Waals surface area contributed by atoms with Gasteiger partial charge >= 0.3 is 5.97 Å². The number of nitrogens with two attached hydrogens (primary N) is 1. The zero-order valence-electron chi connectivity index (χ0n) is 17.8. The number of hydrogen-bond acceptors (Lipinski definition) is 6. The van der Waals surface area contributed by atoms with Crippen LogP contribution < -0.4 is 16.4 Å². The predicted molar refractivity (Wildman–Crippen MR) is 112 cm³/mol. The highest BCUT2D eigenvalue weighted by Gasteiger charge is 2.24. The Labute approximate surface area is 172 Å². The average molecular weight is 409 g/mol. The molecule has 1 saturated heterocycles. The Balaban J connectivity index is 1.94. The molecule has 1 amide bonds. The molecule has 0 aliphatic carbocycles. The van der Waals surface area contributed by atoms with Gasteiger partial charge in [0.25, 0.3) is 0 Å². The Morgan fingerprint density at radius 3 is 2.72 bits per heavy atom. The van der Waals surface area contributed by atoms with Crippen molar-refractivity contribution < 1.29 is 18.7 Å². The van der Waals surface area contributed by atoms with Gasteiger partial charge in [-0.2, -0.15) is 0 Å². The molecule has 29 heavy (non-hydrogen) atoms. The van der Waals surface area contributed by atoms with Gasteiger partial charge in [-0.15, -0.1) is 0 Å². The van der Waals surface area contributed by atoms with Gasteiger partial charge in [0.1, 0.15) is 12.4 Å². The molecule has 0 saturated carbocycles. The van der Waals surface area contributed by atoms with E-state index in [0.29, 0.717) is 24.5 Å². The highest BCUT2D eigenvalue weighted by Crippen LogP contribution is 2.26. The Bertz CT molecular complexity index is 718. The van der Waals surface area contributed by atoms with E-state index in [2.05, 4.69) is 15.5 Å². The highest BCUT2D eigenvalue weighted by molar-refractivity contribution is 5.97. The van der Waals surface area contributed by atoms with Gasteiger partial charge in [-0.25, -0.2) is 4.39 Å². The van der Waals surface area contributed by atoms with Gasteiger partial charge in [-0.3, -0.25) is 14.5 Å². The quantitative estimate of drug-likeness (QED) is 0.600. The number of benzene rings is 1. The van der Waals surface area contributed by atoms with Crippen molar-refractivity contribution in [2.75, 3.05) is 36.9 Å². The molecule has 1 fully saturated rings. The number of rotatable bonds is 7. The molecule has 2 atom stereocenters. The largest absolute Gasteiger partial charge is 0.464 e. The number of carbonyl (C=O) groups is 2. The minimum absolute atomic E-state index is 0.0924.